The molecule has 0 saturated heterocycles. The molecule has 0 bridgehead atoms. The van der Waals surface area contributed by atoms with E-state index in [2.05, 4.69) is 15.2 Å². The van der Waals surface area contributed by atoms with E-state index in [0.29, 0.717) is 16.8 Å². The summed E-state index contributed by atoms with van der Waals surface area (Å²) in [7, 11) is -1.55. The van der Waals surface area contributed by atoms with Crippen molar-refractivity contribution in [2.45, 2.75) is 0 Å². The molecule has 2 rings (SSSR count). The molecule has 2 aromatic rings. The number of H-pyrrole nitrogens is 1. The van der Waals surface area contributed by atoms with Gasteiger partial charge in [0.1, 0.15) is 5.82 Å². The summed E-state index contributed by atoms with van der Waals surface area (Å²) in [5.74, 6) is 0.320. The molecule has 5 N–H and O–H groups in total. The van der Waals surface area contributed by atoms with Crippen molar-refractivity contribution in [3.8, 4) is 11.1 Å². The summed E-state index contributed by atoms with van der Waals surface area (Å²) < 4.78 is 0. The van der Waals surface area contributed by atoms with E-state index in [9.17, 15) is 0 Å². The van der Waals surface area contributed by atoms with E-state index < -0.39 is 7.12 Å². The molecule has 0 amide bonds. The standard InChI is InChI=1S/C8H9BN4O2/c10-8-7(5-2-12-13-3-5)1-6(4-11-8)9(14)15/h1-4,14-15H,(H2,10,11)(H,12,13). The average Bonchev–Trinajstić information content (AvgIpc) is 2.71. The fourth-order valence-electron chi connectivity index (χ4n) is 1.26. The molecule has 0 aliphatic rings. The Morgan fingerprint density at radius 1 is 1.33 bits per heavy atom. The number of hydrogen-bond donors (Lipinski definition) is 4. The molecule has 7 heteroatoms. The summed E-state index contributed by atoms with van der Waals surface area (Å²) in [5.41, 5.74) is 7.33. The van der Waals surface area contributed by atoms with Gasteiger partial charge in [-0.15, -0.1) is 0 Å². The minimum Gasteiger partial charge on any atom is -0.423 e. The highest BCUT2D eigenvalue weighted by Gasteiger charge is 2.14. The molecule has 0 saturated carbocycles. The van der Waals surface area contributed by atoms with Crippen LogP contribution in [0.25, 0.3) is 11.1 Å². The molecule has 0 unspecified atom stereocenters. The first-order valence-corrected chi connectivity index (χ1v) is 4.29. The predicted molar refractivity (Wildman–Crippen MR) is 56.1 cm³/mol. The van der Waals surface area contributed by atoms with Gasteiger partial charge >= 0.3 is 7.12 Å². The topological polar surface area (TPSA) is 108 Å². The van der Waals surface area contributed by atoms with Crippen LogP contribution < -0.4 is 11.2 Å². The lowest BCUT2D eigenvalue weighted by Crippen LogP contribution is -2.30. The molecule has 0 aliphatic heterocycles. The predicted octanol–water partition coefficient (Wildman–Crippen LogP) is -1.27. The number of nitrogens with two attached hydrogens (primary N) is 1. The van der Waals surface area contributed by atoms with Crippen molar-refractivity contribution in [3.05, 3.63) is 24.7 Å². The largest absolute Gasteiger partial charge is 0.490 e. The first-order valence-electron chi connectivity index (χ1n) is 4.29. The fraction of sp³-hybridized carbons (Fsp3) is 0. The van der Waals surface area contributed by atoms with Crippen molar-refractivity contribution >= 4 is 18.4 Å². The van der Waals surface area contributed by atoms with Gasteiger partial charge in [0.05, 0.1) is 6.20 Å². The minimum absolute atomic E-state index is 0.292. The van der Waals surface area contributed by atoms with E-state index >= 15 is 0 Å². The molecule has 0 aromatic carbocycles. The third-order valence-corrected chi connectivity index (χ3v) is 2.05. The number of anilines is 1. The van der Waals surface area contributed by atoms with Gasteiger partial charge in [-0.25, -0.2) is 4.98 Å². The SMILES string of the molecule is Nc1ncc(B(O)O)cc1-c1cn[nH]c1. The fourth-order valence-corrected chi connectivity index (χ4v) is 1.26. The quantitative estimate of drug-likeness (QED) is 0.456. The number of nitrogens with zero attached hydrogens (tertiary/aromatic N) is 2. The van der Waals surface area contributed by atoms with Crippen molar-refractivity contribution in [3.63, 3.8) is 0 Å². The Morgan fingerprint density at radius 2 is 2.13 bits per heavy atom. The maximum atomic E-state index is 8.99. The van der Waals surface area contributed by atoms with E-state index in [-0.39, 0.29) is 0 Å². The molecule has 2 aromatic heterocycles. The maximum absolute atomic E-state index is 8.99. The molecule has 0 spiro atoms. The molecule has 76 valence electrons. The summed E-state index contributed by atoms with van der Waals surface area (Å²) in [6, 6.07) is 1.57. The zero-order chi connectivity index (χ0) is 10.8. The smallest absolute Gasteiger partial charge is 0.423 e. The summed E-state index contributed by atoms with van der Waals surface area (Å²) in [4.78, 5) is 3.87. The summed E-state index contributed by atoms with van der Waals surface area (Å²) >= 11 is 0. The molecule has 0 fully saturated rings. The van der Waals surface area contributed by atoms with Crippen molar-refractivity contribution < 1.29 is 10.0 Å². The van der Waals surface area contributed by atoms with Crippen LogP contribution in [0.15, 0.2) is 24.7 Å². The van der Waals surface area contributed by atoms with Gasteiger partial charge in [-0.3, -0.25) is 5.10 Å². The van der Waals surface area contributed by atoms with Crippen LogP contribution in [-0.4, -0.2) is 32.3 Å². The van der Waals surface area contributed by atoms with Gasteiger partial charge in [0.2, 0.25) is 0 Å². The lowest BCUT2D eigenvalue weighted by molar-refractivity contribution is 0.425. The number of hydrogen-bond acceptors (Lipinski definition) is 5. The van der Waals surface area contributed by atoms with Crippen LogP contribution in [-0.2, 0) is 0 Å². The molecule has 0 atom stereocenters. The van der Waals surface area contributed by atoms with E-state index in [1.54, 1.807) is 18.5 Å². The maximum Gasteiger partial charge on any atom is 0.490 e. The van der Waals surface area contributed by atoms with Gasteiger partial charge in [-0.05, 0) is 6.07 Å². The monoisotopic (exact) mass is 204 g/mol. The van der Waals surface area contributed by atoms with Crippen molar-refractivity contribution in [2.75, 3.05) is 5.73 Å². The van der Waals surface area contributed by atoms with Crippen LogP contribution in [0.5, 0.6) is 0 Å². The Hall–Kier alpha value is -1.86. The molecule has 2 heterocycles. The minimum atomic E-state index is -1.55. The van der Waals surface area contributed by atoms with Gasteiger partial charge in [-0.1, -0.05) is 0 Å². The molecular formula is C8H9BN4O2. The molecule has 0 radical (unpaired) electrons. The highest BCUT2D eigenvalue weighted by Crippen LogP contribution is 2.21. The van der Waals surface area contributed by atoms with Gasteiger partial charge < -0.3 is 15.8 Å². The Labute approximate surface area is 85.9 Å². The highest BCUT2D eigenvalue weighted by atomic mass is 16.4. The van der Waals surface area contributed by atoms with Crippen LogP contribution in [0.2, 0.25) is 0 Å². The van der Waals surface area contributed by atoms with E-state index in [1.807, 2.05) is 0 Å². The second-order valence-electron chi connectivity index (χ2n) is 3.06. The van der Waals surface area contributed by atoms with Gasteiger partial charge in [-0.2, -0.15) is 5.10 Å². The van der Waals surface area contributed by atoms with Crippen LogP contribution in [0.1, 0.15) is 0 Å². The number of aromatic nitrogens is 3. The Morgan fingerprint density at radius 3 is 2.73 bits per heavy atom. The van der Waals surface area contributed by atoms with E-state index in [4.69, 9.17) is 15.8 Å². The number of nitrogens with one attached hydrogen (secondary N) is 1. The lowest BCUT2D eigenvalue weighted by atomic mass is 9.80. The second kappa shape index (κ2) is 3.72. The average molecular weight is 204 g/mol. The van der Waals surface area contributed by atoms with E-state index in [0.717, 1.165) is 5.56 Å². The van der Waals surface area contributed by atoms with Gasteiger partial charge in [0.25, 0.3) is 0 Å². The summed E-state index contributed by atoms with van der Waals surface area (Å²) in [5, 5.41) is 24.4. The Bertz CT molecular complexity index is 458. The summed E-state index contributed by atoms with van der Waals surface area (Å²) in [6.07, 6.45) is 4.56. The molecular weight excluding hydrogens is 195 g/mol. The second-order valence-corrected chi connectivity index (χ2v) is 3.06. The molecule has 0 aliphatic carbocycles. The normalized spacial score (nSPS) is 10.3. The van der Waals surface area contributed by atoms with Gasteiger partial charge in [0.15, 0.2) is 0 Å². The van der Waals surface area contributed by atoms with E-state index in [1.165, 1.54) is 6.20 Å². The molecule has 15 heavy (non-hydrogen) atoms. The highest BCUT2D eigenvalue weighted by molar-refractivity contribution is 6.58. The van der Waals surface area contributed by atoms with Crippen molar-refractivity contribution in [1.29, 1.82) is 0 Å². The van der Waals surface area contributed by atoms with Crippen LogP contribution in [0, 0.1) is 0 Å². The number of rotatable bonds is 2. The zero-order valence-electron chi connectivity index (χ0n) is 7.75. The van der Waals surface area contributed by atoms with Crippen LogP contribution in [0.3, 0.4) is 0 Å². The number of aromatic amines is 1. The lowest BCUT2D eigenvalue weighted by Gasteiger charge is -2.05. The summed E-state index contributed by atoms with van der Waals surface area (Å²) in [6.45, 7) is 0. The number of nitrogen functional groups attached to an aromatic ring is 1. The third kappa shape index (κ3) is 1.83. The molecule has 6 nitrogen and oxygen atoms in total. The van der Waals surface area contributed by atoms with Crippen LogP contribution >= 0.6 is 0 Å². The first kappa shape index (κ1) is 9.69. The third-order valence-electron chi connectivity index (χ3n) is 2.05. The number of pyridine rings is 1. The Balaban J connectivity index is 2.51. The zero-order valence-corrected chi connectivity index (χ0v) is 7.75. The van der Waals surface area contributed by atoms with Crippen molar-refractivity contribution in [2.24, 2.45) is 0 Å². The Kier molecular flexibility index (Phi) is 2.40. The van der Waals surface area contributed by atoms with Crippen molar-refractivity contribution in [1.82, 2.24) is 15.2 Å². The first-order chi connectivity index (χ1) is 7.18. The van der Waals surface area contributed by atoms with Gasteiger partial charge in [0, 0.05) is 29.0 Å². The van der Waals surface area contributed by atoms with Crippen LogP contribution in [0.4, 0.5) is 5.82 Å².